The zero-order valence-corrected chi connectivity index (χ0v) is 11.7. The van der Waals surface area contributed by atoms with Gasteiger partial charge in [0.15, 0.2) is 0 Å². The fraction of sp³-hybridized carbons (Fsp3) is 0.500. The highest BCUT2D eigenvalue weighted by molar-refractivity contribution is 8.00. The normalized spacial score (nSPS) is 22.6. The molecule has 1 aliphatic rings. The third kappa shape index (κ3) is 2.84. The molecule has 0 unspecified atom stereocenters. The van der Waals surface area contributed by atoms with E-state index in [-0.39, 0.29) is 0 Å². The Kier molecular flexibility index (Phi) is 3.80. The molecule has 17 heavy (non-hydrogen) atoms. The number of hydrogen-bond donors (Lipinski definition) is 0. The van der Waals surface area contributed by atoms with Crippen molar-refractivity contribution in [2.24, 2.45) is 0 Å². The average Bonchev–Trinajstić information content (AvgIpc) is 2.29. The molecule has 0 amide bonds. The van der Waals surface area contributed by atoms with Gasteiger partial charge in [-0.05, 0) is 19.1 Å². The number of benzene rings is 1. The van der Waals surface area contributed by atoms with Crippen molar-refractivity contribution in [2.75, 3.05) is 18.8 Å². The molecule has 0 bridgehead atoms. The average molecular weight is 271 g/mol. The van der Waals surface area contributed by atoms with E-state index in [0.29, 0.717) is 23.2 Å². The Balaban J connectivity index is 2.26. The van der Waals surface area contributed by atoms with E-state index < -0.39 is 10.0 Å². The zero-order chi connectivity index (χ0) is 12.5. The fourth-order valence-electron chi connectivity index (χ4n) is 1.86. The van der Waals surface area contributed by atoms with Gasteiger partial charge in [-0.25, -0.2) is 8.42 Å². The second kappa shape index (κ2) is 5.00. The van der Waals surface area contributed by atoms with E-state index in [2.05, 4.69) is 6.92 Å². The van der Waals surface area contributed by atoms with E-state index in [1.165, 1.54) is 0 Å². The van der Waals surface area contributed by atoms with Gasteiger partial charge in [0.25, 0.3) is 0 Å². The minimum Gasteiger partial charge on any atom is -0.207 e. The van der Waals surface area contributed by atoms with Crippen LogP contribution in [0.3, 0.4) is 0 Å². The van der Waals surface area contributed by atoms with Crippen LogP contribution in [0.25, 0.3) is 0 Å². The van der Waals surface area contributed by atoms with Gasteiger partial charge >= 0.3 is 0 Å². The number of aryl methyl sites for hydroxylation is 1. The molecule has 94 valence electrons. The van der Waals surface area contributed by atoms with Crippen molar-refractivity contribution >= 4 is 21.8 Å². The molecule has 0 N–H and O–H groups in total. The minimum absolute atomic E-state index is 0.379. The van der Waals surface area contributed by atoms with Crippen LogP contribution >= 0.6 is 11.8 Å². The Bertz CT molecular complexity index is 482. The van der Waals surface area contributed by atoms with Gasteiger partial charge in [-0.15, -0.1) is 0 Å². The van der Waals surface area contributed by atoms with Gasteiger partial charge in [-0.2, -0.15) is 16.1 Å². The molecule has 0 radical (unpaired) electrons. The molecular formula is C12H17NO2S2. The van der Waals surface area contributed by atoms with Crippen molar-refractivity contribution in [2.45, 2.75) is 24.0 Å². The minimum atomic E-state index is -3.29. The van der Waals surface area contributed by atoms with E-state index >= 15 is 0 Å². The summed E-state index contributed by atoms with van der Waals surface area (Å²) >= 11 is 1.83. The van der Waals surface area contributed by atoms with Crippen LogP contribution < -0.4 is 0 Å². The van der Waals surface area contributed by atoms with Gasteiger partial charge in [0.2, 0.25) is 10.0 Å². The quantitative estimate of drug-likeness (QED) is 0.827. The van der Waals surface area contributed by atoms with Crippen LogP contribution in [0.15, 0.2) is 29.2 Å². The van der Waals surface area contributed by atoms with Crippen LogP contribution in [-0.2, 0) is 10.0 Å². The summed E-state index contributed by atoms with van der Waals surface area (Å²) in [6.07, 6.45) is 0. The highest BCUT2D eigenvalue weighted by Gasteiger charge is 2.28. The fourth-order valence-corrected chi connectivity index (χ4v) is 4.62. The molecule has 1 aliphatic heterocycles. The molecule has 1 heterocycles. The van der Waals surface area contributed by atoms with E-state index in [1.807, 2.05) is 30.8 Å². The zero-order valence-electron chi connectivity index (χ0n) is 10.1. The van der Waals surface area contributed by atoms with Crippen molar-refractivity contribution in [1.29, 1.82) is 0 Å². The number of hydrogen-bond acceptors (Lipinski definition) is 3. The molecule has 0 saturated carbocycles. The molecule has 1 aromatic rings. The number of rotatable bonds is 2. The van der Waals surface area contributed by atoms with Crippen molar-refractivity contribution < 1.29 is 8.42 Å². The standard InChI is InChI=1S/C12H17NO2S2/c1-10-3-5-12(6-4-10)17(14,15)13-7-8-16-11(2)9-13/h3-6,11H,7-9H2,1-2H3/t11-/m0/s1. The van der Waals surface area contributed by atoms with Gasteiger partial charge in [0.1, 0.15) is 0 Å². The lowest BCUT2D eigenvalue weighted by atomic mass is 10.2. The smallest absolute Gasteiger partial charge is 0.207 e. The van der Waals surface area contributed by atoms with Gasteiger partial charge in [0.05, 0.1) is 4.90 Å². The summed E-state index contributed by atoms with van der Waals surface area (Å²) in [6.45, 7) is 5.25. The van der Waals surface area contributed by atoms with E-state index in [4.69, 9.17) is 0 Å². The summed E-state index contributed by atoms with van der Waals surface area (Å²) < 4.78 is 26.3. The molecule has 0 aliphatic carbocycles. The van der Waals surface area contributed by atoms with Crippen molar-refractivity contribution in [3.05, 3.63) is 29.8 Å². The predicted octanol–water partition coefficient (Wildman–Crippen LogP) is 2.12. The van der Waals surface area contributed by atoms with Gasteiger partial charge in [-0.1, -0.05) is 24.6 Å². The first-order chi connectivity index (χ1) is 8.00. The lowest BCUT2D eigenvalue weighted by Gasteiger charge is -2.29. The van der Waals surface area contributed by atoms with Gasteiger partial charge in [0, 0.05) is 24.1 Å². The van der Waals surface area contributed by atoms with Crippen molar-refractivity contribution in [3.63, 3.8) is 0 Å². The summed E-state index contributed by atoms with van der Waals surface area (Å²) in [5, 5.41) is 0.379. The van der Waals surface area contributed by atoms with Gasteiger partial charge < -0.3 is 0 Å². The number of nitrogens with zero attached hydrogens (tertiary/aromatic N) is 1. The monoisotopic (exact) mass is 271 g/mol. The number of thioether (sulfide) groups is 1. The summed E-state index contributed by atoms with van der Waals surface area (Å²) in [5.74, 6) is 0.881. The largest absolute Gasteiger partial charge is 0.243 e. The lowest BCUT2D eigenvalue weighted by Crippen LogP contribution is -2.40. The molecule has 1 atom stereocenters. The third-order valence-electron chi connectivity index (χ3n) is 2.86. The highest BCUT2D eigenvalue weighted by Crippen LogP contribution is 2.24. The first-order valence-electron chi connectivity index (χ1n) is 5.68. The molecule has 1 aromatic carbocycles. The summed E-state index contributed by atoms with van der Waals surface area (Å²) in [7, 11) is -3.29. The SMILES string of the molecule is Cc1ccc(S(=O)(=O)N2CCS[C@@H](C)C2)cc1. The van der Waals surface area contributed by atoms with Crippen LogP contribution in [0.4, 0.5) is 0 Å². The van der Waals surface area contributed by atoms with Crippen LogP contribution in [0.2, 0.25) is 0 Å². The number of sulfonamides is 1. The molecule has 2 rings (SSSR count). The van der Waals surface area contributed by atoms with Crippen molar-refractivity contribution in [3.8, 4) is 0 Å². The molecule has 1 fully saturated rings. The topological polar surface area (TPSA) is 37.4 Å². The molecular weight excluding hydrogens is 254 g/mol. The van der Waals surface area contributed by atoms with Crippen LogP contribution in [0, 0.1) is 6.92 Å². The van der Waals surface area contributed by atoms with Crippen LogP contribution in [0.5, 0.6) is 0 Å². The maximum Gasteiger partial charge on any atom is 0.243 e. The maximum atomic E-state index is 12.4. The molecule has 5 heteroatoms. The molecule has 0 spiro atoms. The van der Waals surface area contributed by atoms with Crippen LogP contribution in [-0.4, -0.2) is 36.8 Å². The first-order valence-corrected chi connectivity index (χ1v) is 8.17. The Labute approximate surface area is 107 Å². The Morgan fingerprint density at radius 2 is 1.94 bits per heavy atom. The van der Waals surface area contributed by atoms with E-state index in [1.54, 1.807) is 16.4 Å². The maximum absolute atomic E-state index is 12.4. The highest BCUT2D eigenvalue weighted by atomic mass is 32.2. The van der Waals surface area contributed by atoms with E-state index in [0.717, 1.165) is 11.3 Å². The van der Waals surface area contributed by atoms with E-state index in [9.17, 15) is 8.42 Å². The van der Waals surface area contributed by atoms with Crippen LogP contribution in [0.1, 0.15) is 12.5 Å². The molecule has 3 nitrogen and oxygen atoms in total. The summed E-state index contributed by atoms with van der Waals surface area (Å²) in [4.78, 5) is 0.405. The second-order valence-corrected chi connectivity index (χ2v) is 7.84. The Hall–Kier alpha value is -0.520. The molecule has 0 aromatic heterocycles. The Morgan fingerprint density at radius 1 is 1.29 bits per heavy atom. The van der Waals surface area contributed by atoms with Gasteiger partial charge in [-0.3, -0.25) is 0 Å². The molecule has 1 saturated heterocycles. The lowest BCUT2D eigenvalue weighted by molar-refractivity contribution is 0.424. The second-order valence-electron chi connectivity index (χ2n) is 4.36. The predicted molar refractivity (Wildman–Crippen MR) is 71.9 cm³/mol. The summed E-state index contributed by atoms with van der Waals surface area (Å²) in [5.41, 5.74) is 1.08. The first kappa shape index (κ1) is 12.9. The van der Waals surface area contributed by atoms with Crippen molar-refractivity contribution in [1.82, 2.24) is 4.31 Å². The summed E-state index contributed by atoms with van der Waals surface area (Å²) in [6, 6.07) is 7.07. The third-order valence-corrected chi connectivity index (χ3v) is 5.88. The Morgan fingerprint density at radius 3 is 2.53 bits per heavy atom.